The molecule has 0 spiro atoms. The normalized spacial score (nSPS) is 12.4. The van der Waals surface area contributed by atoms with Crippen LogP contribution < -0.4 is 0 Å². The lowest BCUT2D eigenvalue weighted by molar-refractivity contribution is -0.385. The molecule has 0 fully saturated rings. The maximum atomic E-state index is 12.4. The number of nitro benzene ring substituents is 1. The van der Waals surface area contributed by atoms with Crippen molar-refractivity contribution in [1.29, 1.82) is 0 Å². The molecule has 0 bridgehead atoms. The molecule has 0 aliphatic carbocycles. The minimum Gasteiger partial charge on any atom is -0.444 e. The van der Waals surface area contributed by atoms with Crippen LogP contribution in [0.15, 0.2) is 30.9 Å². The molecule has 0 heterocycles. The smallest absolute Gasteiger partial charge is 0.410 e. The van der Waals surface area contributed by atoms with Gasteiger partial charge in [-0.1, -0.05) is 26.0 Å². The van der Waals surface area contributed by atoms with Gasteiger partial charge in [-0.05, 0) is 44.2 Å². The number of amides is 1. The van der Waals surface area contributed by atoms with Crippen LogP contribution in [0, 0.1) is 10.1 Å². The van der Waals surface area contributed by atoms with Crippen molar-refractivity contribution in [2.75, 3.05) is 6.54 Å². The quantitative estimate of drug-likeness (QED) is 0.393. The first-order chi connectivity index (χ1) is 11.6. The summed E-state index contributed by atoms with van der Waals surface area (Å²) in [4.78, 5) is 24.7. The maximum Gasteiger partial charge on any atom is 0.410 e. The van der Waals surface area contributed by atoms with Gasteiger partial charge in [0.15, 0.2) is 0 Å². The van der Waals surface area contributed by atoms with Crippen LogP contribution >= 0.6 is 0 Å². The average molecular weight is 348 g/mol. The lowest BCUT2D eigenvalue weighted by Crippen LogP contribution is -2.36. The van der Waals surface area contributed by atoms with Crippen molar-refractivity contribution in [3.63, 3.8) is 0 Å². The Morgan fingerprint density at radius 1 is 1.40 bits per heavy atom. The molecule has 0 N–H and O–H groups in total. The van der Waals surface area contributed by atoms with Gasteiger partial charge in [0.05, 0.1) is 4.92 Å². The van der Waals surface area contributed by atoms with E-state index in [2.05, 4.69) is 6.58 Å². The predicted octanol–water partition coefficient (Wildman–Crippen LogP) is 5.03. The molecule has 1 amide bonds. The van der Waals surface area contributed by atoms with Gasteiger partial charge in [-0.3, -0.25) is 10.1 Å². The molecule has 0 aliphatic rings. The minimum atomic E-state index is -0.610. The van der Waals surface area contributed by atoms with Crippen molar-refractivity contribution in [1.82, 2.24) is 4.90 Å². The molecule has 1 aromatic carbocycles. The van der Waals surface area contributed by atoms with Crippen molar-refractivity contribution in [2.24, 2.45) is 0 Å². The third-order valence-electron chi connectivity index (χ3n) is 3.77. The fraction of sp³-hybridized carbons (Fsp3) is 0.526. The molecular weight excluding hydrogens is 320 g/mol. The van der Waals surface area contributed by atoms with E-state index >= 15 is 0 Å². The molecule has 0 saturated carbocycles. The van der Waals surface area contributed by atoms with Crippen LogP contribution in [0.3, 0.4) is 0 Å². The van der Waals surface area contributed by atoms with E-state index in [1.807, 2.05) is 19.9 Å². The molecule has 0 aromatic heterocycles. The van der Waals surface area contributed by atoms with E-state index in [0.717, 1.165) is 12.0 Å². The van der Waals surface area contributed by atoms with Crippen LogP contribution in [0.4, 0.5) is 10.5 Å². The fourth-order valence-electron chi connectivity index (χ4n) is 2.32. The summed E-state index contributed by atoms with van der Waals surface area (Å²) in [7, 11) is 0. The van der Waals surface area contributed by atoms with Crippen LogP contribution in [0.5, 0.6) is 0 Å². The van der Waals surface area contributed by atoms with Crippen molar-refractivity contribution in [3.8, 4) is 0 Å². The molecule has 6 nitrogen and oxygen atoms in total. The Kier molecular flexibility index (Phi) is 7.15. The number of hydrogen-bond acceptors (Lipinski definition) is 4. The van der Waals surface area contributed by atoms with E-state index < -0.39 is 16.6 Å². The topological polar surface area (TPSA) is 72.7 Å². The number of hydrogen-bond donors (Lipinski definition) is 0. The van der Waals surface area contributed by atoms with E-state index in [4.69, 9.17) is 4.74 Å². The Balaban J connectivity index is 3.14. The number of ether oxygens (including phenoxy) is 1. The van der Waals surface area contributed by atoms with Crippen molar-refractivity contribution in [2.45, 2.75) is 59.1 Å². The predicted molar refractivity (Wildman–Crippen MR) is 98.6 cm³/mol. The zero-order chi connectivity index (χ0) is 19.2. The Morgan fingerprint density at radius 2 is 2.04 bits per heavy atom. The molecule has 0 unspecified atom stereocenters. The molecule has 25 heavy (non-hydrogen) atoms. The molecule has 6 heteroatoms. The van der Waals surface area contributed by atoms with E-state index in [1.54, 1.807) is 32.9 Å². The van der Waals surface area contributed by atoms with Crippen molar-refractivity contribution in [3.05, 3.63) is 52.1 Å². The van der Waals surface area contributed by atoms with E-state index in [1.165, 1.54) is 11.0 Å². The van der Waals surface area contributed by atoms with Gasteiger partial charge < -0.3 is 9.64 Å². The molecule has 0 saturated heterocycles. The second-order valence-electron chi connectivity index (χ2n) is 7.15. The lowest BCUT2D eigenvalue weighted by Gasteiger charge is -2.27. The first kappa shape index (κ1) is 20.7. The molecule has 138 valence electrons. The Bertz CT molecular complexity index is 635. The summed E-state index contributed by atoms with van der Waals surface area (Å²) in [5, 5.41) is 11.2. The van der Waals surface area contributed by atoms with Crippen molar-refractivity contribution >= 4 is 11.8 Å². The monoisotopic (exact) mass is 348 g/mol. The Morgan fingerprint density at radius 3 is 2.52 bits per heavy atom. The molecular formula is C19H28N2O4. The summed E-state index contributed by atoms with van der Waals surface area (Å²) in [6.45, 7) is 13.7. The summed E-state index contributed by atoms with van der Waals surface area (Å²) in [6.07, 6.45) is 2.02. The molecule has 1 rings (SSSR count). The van der Waals surface area contributed by atoms with Crippen LogP contribution in [0.25, 0.3) is 0 Å². The van der Waals surface area contributed by atoms with E-state index in [-0.39, 0.29) is 18.2 Å². The number of carbonyl (C=O) groups excluding carboxylic acids is 1. The van der Waals surface area contributed by atoms with E-state index in [0.29, 0.717) is 12.1 Å². The van der Waals surface area contributed by atoms with Gasteiger partial charge in [0.25, 0.3) is 5.69 Å². The Labute approximate surface area is 149 Å². The highest BCUT2D eigenvalue weighted by Crippen LogP contribution is 2.26. The molecule has 0 aliphatic heterocycles. The third kappa shape index (κ3) is 6.57. The number of nitro groups is 1. The van der Waals surface area contributed by atoms with Gasteiger partial charge in [-0.15, -0.1) is 6.58 Å². The van der Waals surface area contributed by atoms with Crippen LogP contribution in [0.2, 0.25) is 0 Å². The molecule has 1 aromatic rings. The summed E-state index contributed by atoms with van der Waals surface area (Å²) in [5.74, 6) is 0.202. The Hall–Kier alpha value is -2.37. The van der Waals surface area contributed by atoms with Crippen LogP contribution in [0.1, 0.15) is 58.1 Å². The average Bonchev–Trinajstić information content (AvgIpc) is 2.51. The van der Waals surface area contributed by atoms with Crippen LogP contribution in [-0.2, 0) is 11.3 Å². The zero-order valence-electron chi connectivity index (χ0n) is 15.7. The van der Waals surface area contributed by atoms with E-state index in [9.17, 15) is 14.9 Å². The zero-order valence-corrected chi connectivity index (χ0v) is 15.7. The highest BCUT2D eigenvalue weighted by Gasteiger charge is 2.22. The SMILES string of the molecule is C=CCN(Cc1cc([C@@H](C)CC)cc([N+](=O)[O-])c1)C(=O)OC(C)(C)C. The standard InChI is InChI=1S/C19H28N2O4/c1-7-9-20(18(22)25-19(4,5)6)13-15-10-16(14(3)8-2)12-17(11-15)21(23)24/h7,10-12,14H,1,8-9,13H2,2-6H3/t14-/m0/s1. The number of benzene rings is 1. The second kappa shape index (κ2) is 8.65. The van der Waals surface area contributed by atoms with Crippen molar-refractivity contribution < 1.29 is 14.5 Å². The van der Waals surface area contributed by atoms with Gasteiger partial charge in [0.1, 0.15) is 5.60 Å². The maximum absolute atomic E-state index is 12.4. The van der Waals surface area contributed by atoms with Crippen LogP contribution in [-0.4, -0.2) is 28.1 Å². The summed E-state index contributed by atoms with van der Waals surface area (Å²) >= 11 is 0. The summed E-state index contributed by atoms with van der Waals surface area (Å²) in [5.41, 5.74) is 1.03. The number of rotatable bonds is 7. The van der Waals surface area contributed by atoms with Gasteiger partial charge >= 0.3 is 6.09 Å². The largest absolute Gasteiger partial charge is 0.444 e. The molecule has 1 atom stereocenters. The highest BCUT2D eigenvalue weighted by molar-refractivity contribution is 5.68. The minimum absolute atomic E-state index is 0.0375. The first-order valence-corrected chi connectivity index (χ1v) is 8.44. The van der Waals surface area contributed by atoms with Gasteiger partial charge in [-0.25, -0.2) is 4.79 Å². The first-order valence-electron chi connectivity index (χ1n) is 8.44. The van der Waals surface area contributed by atoms with Gasteiger partial charge in [-0.2, -0.15) is 0 Å². The molecule has 0 radical (unpaired) electrons. The highest BCUT2D eigenvalue weighted by atomic mass is 16.6. The fourth-order valence-corrected chi connectivity index (χ4v) is 2.32. The number of non-ortho nitro benzene ring substituents is 1. The number of carbonyl (C=O) groups is 1. The summed E-state index contributed by atoms with van der Waals surface area (Å²) < 4.78 is 5.41. The summed E-state index contributed by atoms with van der Waals surface area (Å²) in [6, 6.07) is 5.02. The van der Waals surface area contributed by atoms with Gasteiger partial charge in [0.2, 0.25) is 0 Å². The van der Waals surface area contributed by atoms with Gasteiger partial charge in [0, 0.05) is 25.2 Å². The third-order valence-corrected chi connectivity index (χ3v) is 3.77. The lowest BCUT2D eigenvalue weighted by atomic mass is 9.96. The number of nitrogens with zero attached hydrogens (tertiary/aromatic N) is 2. The second-order valence-corrected chi connectivity index (χ2v) is 7.15.